The van der Waals surface area contributed by atoms with Crippen molar-refractivity contribution in [3.8, 4) is 0 Å². The number of hydrogen-bond donors (Lipinski definition) is 2. The predicted molar refractivity (Wildman–Crippen MR) is 94.1 cm³/mol. The second-order valence-electron chi connectivity index (χ2n) is 4.97. The molecule has 6 heteroatoms. The molecule has 1 aromatic carbocycles. The van der Waals surface area contributed by atoms with Gasteiger partial charge in [0.25, 0.3) is 0 Å². The first-order chi connectivity index (χ1) is 10.5. The molecule has 0 unspecified atom stereocenters. The van der Waals surface area contributed by atoms with Gasteiger partial charge in [-0.15, -0.1) is 11.3 Å². The van der Waals surface area contributed by atoms with Gasteiger partial charge in [-0.1, -0.05) is 29.3 Å². The van der Waals surface area contributed by atoms with E-state index in [0.717, 1.165) is 18.4 Å². The molecule has 0 fully saturated rings. The van der Waals surface area contributed by atoms with Gasteiger partial charge < -0.3 is 10.6 Å². The van der Waals surface area contributed by atoms with Crippen molar-refractivity contribution in [3.05, 3.63) is 55.7 Å². The maximum atomic E-state index is 11.7. The summed E-state index contributed by atoms with van der Waals surface area (Å²) in [5.41, 5.74) is 0.915. The molecule has 0 aliphatic rings. The van der Waals surface area contributed by atoms with E-state index in [0.29, 0.717) is 23.1 Å². The number of amides is 2. The van der Waals surface area contributed by atoms with E-state index in [2.05, 4.69) is 29.7 Å². The molecule has 0 aliphatic heterocycles. The first-order valence-electron chi connectivity index (χ1n) is 7.05. The van der Waals surface area contributed by atoms with E-state index < -0.39 is 0 Å². The van der Waals surface area contributed by atoms with Crippen LogP contribution < -0.4 is 10.6 Å². The predicted octanol–water partition coefficient (Wildman–Crippen LogP) is 4.80. The van der Waals surface area contributed by atoms with Crippen molar-refractivity contribution in [2.45, 2.75) is 26.3 Å². The molecule has 0 radical (unpaired) electrons. The molecule has 2 N–H and O–H groups in total. The van der Waals surface area contributed by atoms with E-state index in [9.17, 15) is 4.79 Å². The molecule has 3 nitrogen and oxygen atoms in total. The zero-order chi connectivity index (χ0) is 15.9. The van der Waals surface area contributed by atoms with Gasteiger partial charge in [0.05, 0.1) is 10.0 Å². The molecule has 0 aliphatic carbocycles. The molecule has 1 aromatic heterocycles. The number of hydrogen-bond acceptors (Lipinski definition) is 2. The van der Waals surface area contributed by atoms with Crippen LogP contribution in [-0.4, -0.2) is 12.6 Å². The maximum Gasteiger partial charge on any atom is 0.315 e. The number of halogens is 2. The van der Waals surface area contributed by atoms with Gasteiger partial charge in [0, 0.05) is 22.8 Å². The Kier molecular flexibility index (Phi) is 6.55. The Morgan fingerprint density at radius 1 is 1.14 bits per heavy atom. The van der Waals surface area contributed by atoms with Gasteiger partial charge in [0.1, 0.15) is 0 Å². The van der Waals surface area contributed by atoms with Crippen LogP contribution in [0.1, 0.15) is 21.7 Å². The Bertz CT molecular complexity index is 643. The summed E-state index contributed by atoms with van der Waals surface area (Å²) in [7, 11) is 0. The molecule has 22 heavy (non-hydrogen) atoms. The van der Waals surface area contributed by atoms with E-state index in [-0.39, 0.29) is 6.03 Å². The number of nitrogens with one attached hydrogen (secondary N) is 2. The lowest BCUT2D eigenvalue weighted by Crippen LogP contribution is -2.35. The highest BCUT2D eigenvalue weighted by Gasteiger charge is 2.03. The minimum Gasteiger partial charge on any atom is -0.338 e. The van der Waals surface area contributed by atoms with Crippen LogP contribution in [0.15, 0.2) is 30.3 Å². The second kappa shape index (κ2) is 8.42. The largest absolute Gasteiger partial charge is 0.338 e. The molecule has 0 bridgehead atoms. The van der Waals surface area contributed by atoms with Crippen molar-refractivity contribution in [2.24, 2.45) is 0 Å². The number of benzene rings is 1. The van der Waals surface area contributed by atoms with Crippen molar-refractivity contribution < 1.29 is 4.79 Å². The van der Waals surface area contributed by atoms with Crippen molar-refractivity contribution in [2.75, 3.05) is 6.54 Å². The summed E-state index contributed by atoms with van der Waals surface area (Å²) in [5, 5.41) is 6.66. The van der Waals surface area contributed by atoms with Gasteiger partial charge in [-0.05, 0) is 49.6 Å². The summed E-state index contributed by atoms with van der Waals surface area (Å²) in [5.74, 6) is 0. The quantitative estimate of drug-likeness (QED) is 0.717. The number of rotatable bonds is 6. The van der Waals surface area contributed by atoms with Crippen molar-refractivity contribution >= 4 is 40.6 Å². The van der Waals surface area contributed by atoms with Crippen LogP contribution in [0.5, 0.6) is 0 Å². The molecule has 0 spiro atoms. The fourth-order valence-corrected chi connectivity index (χ4v) is 3.23. The number of carbonyl (C=O) groups is 1. The van der Waals surface area contributed by atoms with Crippen LogP contribution in [0.25, 0.3) is 0 Å². The average molecular weight is 357 g/mol. The summed E-state index contributed by atoms with van der Waals surface area (Å²) in [6, 6.07) is 9.41. The van der Waals surface area contributed by atoms with Crippen molar-refractivity contribution in [1.29, 1.82) is 0 Å². The Hall–Kier alpha value is -1.23. The summed E-state index contributed by atoms with van der Waals surface area (Å²) in [4.78, 5) is 14.4. The average Bonchev–Trinajstić information content (AvgIpc) is 2.90. The van der Waals surface area contributed by atoms with Gasteiger partial charge in [-0.3, -0.25) is 0 Å². The molecule has 118 valence electrons. The van der Waals surface area contributed by atoms with E-state index >= 15 is 0 Å². The minimum atomic E-state index is -0.173. The summed E-state index contributed by atoms with van der Waals surface area (Å²) in [6.07, 6.45) is 1.92. The first-order valence-corrected chi connectivity index (χ1v) is 8.63. The first kappa shape index (κ1) is 17.1. The van der Waals surface area contributed by atoms with Crippen LogP contribution in [-0.2, 0) is 13.0 Å². The maximum absolute atomic E-state index is 11.7. The highest BCUT2D eigenvalue weighted by atomic mass is 35.5. The number of aryl methyl sites for hydroxylation is 2. The van der Waals surface area contributed by atoms with Crippen molar-refractivity contribution in [1.82, 2.24) is 10.6 Å². The van der Waals surface area contributed by atoms with Crippen LogP contribution in [0.4, 0.5) is 4.79 Å². The Morgan fingerprint density at radius 3 is 2.64 bits per heavy atom. The monoisotopic (exact) mass is 356 g/mol. The number of urea groups is 1. The van der Waals surface area contributed by atoms with Crippen LogP contribution in [0.3, 0.4) is 0 Å². The van der Waals surface area contributed by atoms with Crippen LogP contribution >= 0.6 is 34.5 Å². The molecule has 2 amide bonds. The Balaban J connectivity index is 1.64. The highest BCUT2D eigenvalue weighted by molar-refractivity contribution is 7.11. The smallest absolute Gasteiger partial charge is 0.315 e. The van der Waals surface area contributed by atoms with Crippen LogP contribution in [0.2, 0.25) is 10.0 Å². The fraction of sp³-hybridized carbons (Fsp3) is 0.312. The summed E-state index contributed by atoms with van der Waals surface area (Å²) < 4.78 is 0. The molecule has 1 heterocycles. The standard InChI is InChI=1S/C16H18Cl2N2OS/c1-11-4-6-13(22-11)3-2-8-19-16(21)20-10-12-5-7-14(17)15(18)9-12/h4-7,9H,2-3,8,10H2,1H3,(H2,19,20,21). The fourth-order valence-electron chi connectivity index (χ4n) is 1.98. The Labute approximate surface area is 144 Å². The number of thiophene rings is 1. The van der Waals surface area contributed by atoms with E-state index in [1.165, 1.54) is 9.75 Å². The van der Waals surface area contributed by atoms with Gasteiger partial charge >= 0.3 is 6.03 Å². The molecular formula is C16H18Cl2N2OS. The highest BCUT2D eigenvalue weighted by Crippen LogP contribution is 2.22. The minimum absolute atomic E-state index is 0.173. The van der Waals surface area contributed by atoms with Crippen molar-refractivity contribution in [3.63, 3.8) is 0 Å². The summed E-state index contributed by atoms with van der Waals surface area (Å²) >= 11 is 13.6. The van der Waals surface area contributed by atoms with E-state index in [1.54, 1.807) is 23.5 Å². The normalized spacial score (nSPS) is 10.5. The second-order valence-corrected chi connectivity index (χ2v) is 7.16. The third-order valence-electron chi connectivity index (χ3n) is 3.12. The lowest BCUT2D eigenvalue weighted by molar-refractivity contribution is 0.240. The zero-order valence-electron chi connectivity index (χ0n) is 12.3. The third-order valence-corrected chi connectivity index (χ3v) is 4.92. The lowest BCUT2D eigenvalue weighted by Gasteiger charge is -2.08. The van der Waals surface area contributed by atoms with Gasteiger partial charge in [-0.25, -0.2) is 4.79 Å². The third kappa shape index (κ3) is 5.52. The van der Waals surface area contributed by atoms with Gasteiger partial charge in [0.15, 0.2) is 0 Å². The van der Waals surface area contributed by atoms with Crippen LogP contribution in [0, 0.1) is 6.92 Å². The zero-order valence-corrected chi connectivity index (χ0v) is 14.6. The molecule has 2 rings (SSSR count). The molecular weight excluding hydrogens is 339 g/mol. The lowest BCUT2D eigenvalue weighted by atomic mass is 10.2. The SMILES string of the molecule is Cc1ccc(CCCNC(=O)NCc2ccc(Cl)c(Cl)c2)s1. The molecule has 2 aromatic rings. The van der Waals surface area contributed by atoms with Gasteiger partial charge in [-0.2, -0.15) is 0 Å². The Morgan fingerprint density at radius 2 is 1.95 bits per heavy atom. The van der Waals surface area contributed by atoms with E-state index in [1.807, 2.05) is 6.07 Å². The van der Waals surface area contributed by atoms with E-state index in [4.69, 9.17) is 23.2 Å². The molecule has 0 saturated carbocycles. The van der Waals surface area contributed by atoms with Gasteiger partial charge in [0.2, 0.25) is 0 Å². The molecule has 0 saturated heterocycles. The summed E-state index contributed by atoms with van der Waals surface area (Å²) in [6.45, 7) is 3.18. The topological polar surface area (TPSA) is 41.1 Å². The number of carbonyl (C=O) groups excluding carboxylic acids is 1. The molecule has 0 atom stereocenters.